The molecule has 2 fully saturated rings. The first-order valence-electron chi connectivity index (χ1n) is 11.7. The largest absolute Gasteiger partial charge is 0.378 e. The van der Waals surface area contributed by atoms with Crippen molar-refractivity contribution in [2.45, 2.75) is 40.0 Å². The lowest BCUT2D eigenvalue weighted by Crippen LogP contribution is -2.42. The number of nitrogens with zero attached hydrogens (tertiary/aromatic N) is 3. The van der Waals surface area contributed by atoms with Gasteiger partial charge in [0, 0.05) is 50.1 Å². The van der Waals surface area contributed by atoms with E-state index < -0.39 is 0 Å². The molecule has 0 aliphatic carbocycles. The molecule has 3 heterocycles. The summed E-state index contributed by atoms with van der Waals surface area (Å²) in [6, 6.07) is 7.89. The molecule has 2 unspecified atom stereocenters. The quantitative estimate of drug-likeness (QED) is 0.772. The van der Waals surface area contributed by atoms with Crippen LogP contribution in [-0.2, 0) is 14.3 Å². The van der Waals surface area contributed by atoms with Crippen LogP contribution in [0.2, 0.25) is 0 Å². The van der Waals surface area contributed by atoms with E-state index in [1.54, 1.807) is 0 Å². The molecular formula is C25H34N4O3. The number of morpholine rings is 1. The molecule has 0 spiro atoms. The molecular weight excluding hydrogens is 404 g/mol. The molecule has 1 aromatic carbocycles. The van der Waals surface area contributed by atoms with Gasteiger partial charge in [-0.2, -0.15) is 0 Å². The Labute approximate surface area is 190 Å². The molecule has 7 nitrogen and oxygen atoms in total. The van der Waals surface area contributed by atoms with Crippen LogP contribution in [-0.4, -0.2) is 61.1 Å². The zero-order valence-corrected chi connectivity index (χ0v) is 19.4. The van der Waals surface area contributed by atoms with Gasteiger partial charge < -0.3 is 19.9 Å². The molecule has 2 aliphatic rings. The van der Waals surface area contributed by atoms with E-state index in [-0.39, 0.29) is 24.7 Å². The number of hydrogen-bond acceptors (Lipinski definition) is 5. The van der Waals surface area contributed by atoms with Gasteiger partial charge in [0.1, 0.15) is 5.82 Å². The van der Waals surface area contributed by atoms with E-state index >= 15 is 0 Å². The lowest BCUT2D eigenvalue weighted by atomic mass is 9.91. The number of likely N-dealkylation sites (tertiary alicyclic amines) is 1. The lowest BCUT2D eigenvalue weighted by Gasteiger charge is -2.35. The van der Waals surface area contributed by atoms with Crippen LogP contribution in [0.25, 0.3) is 10.9 Å². The predicted octanol–water partition coefficient (Wildman–Crippen LogP) is 3.60. The number of carbonyl (C=O) groups excluding carboxylic acids is 2. The molecule has 172 valence electrons. The van der Waals surface area contributed by atoms with Crippen LogP contribution in [0.5, 0.6) is 0 Å². The number of nitrogens with one attached hydrogen (secondary N) is 1. The fraction of sp³-hybridized carbons (Fsp3) is 0.560. The number of anilines is 2. The third-order valence-electron chi connectivity index (χ3n) is 6.41. The second-order valence-electron chi connectivity index (χ2n) is 9.42. The van der Waals surface area contributed by atoms with Gasteiger partial charge in [0.2, 0.25) is 11.8 Å². The number of hydrogen-bond donors (Lipinski definition) is 1. The SMILES string of the molecule is Cc1cc(N2CCOCC2)nc2ccc(NC(=O)CCC(=O)N3CC(C)CC(C)C3)cc12. The Hall–Kier alpha value is -2.67. The number of piperidine rings is 1. The average molecular weight is 439 g/mol. The number of amides is 2. The van der Waals surface area contributed by atoms with Gasteiger partial charge in [0.15, 0.2) is 0 Å². The Balaban J connectivity index is 1.36. The normalized spacial score (nSPS) is 21.6. The van der Waals surface area contributed by atoms with Crippen molar-refractivity contribution in [1.82, 2.24) is 9.88 Å². The molecule has 0 saturated carbocycles. The maximum Gasteiger partial charge on any atom is 0.224 e. The molecule has 2 aromatic rings. The fourth-order valence-corrected chi connectivity index (χ4v) is 4.88. The van der Waals surface area contributed by atoms with E-state index in [0.717, 1.165) is 73.8 Å². The van der Waals surface area contributed by atoms with Gasteiger partial charge in [-0.1, -0.05) is 13.8 Å². The number of pyridine rings is 1. The highest BCUT2D eigenvalue weighted by Crippen LogP contribution is 2.26. The highest BCUT2D eigenvalue weighted by atomic mass is 16.5. The van der Waals surface area contributed by atoms with Gasteiger partial charge in [-0.25, -0.2) is 4.98 Å². The molecule has 32 heavy (non-hydrogen) atoms. The molecule has 0 radical (unpaired) electrons. The lowest BCUT2D eigenvalue weighted by molar-refractivity contribution is -0.135. The Morgan fingerprint density at radius 2 is 1.81 bits per heavy atom. The van der Waals surface area contributed by atoms with Crippen LogP contribution in [0.4, 0.5) is 11.5 Å². The van der Waals surface area contributed by atoms with E-state index in [9.17, 15) is 9.59 Å². The summed E-state index contributed by atoms with van der Waals surface area (Å²) in [6.45, 7) is 11.2. The van der Waals surface area contributed by atoms with Gasteiger partial charge in [-0.15, -0.1) is 0 Å². The smallest absolute Gasteiger partial charge is 0.224 e. The predicted molar refractivity (Wildman–Crippen MR) is 127 cm³/mol. The summed E-state index contributed by atoms with van der Waals surface area (Å²) < 4.78 is 5.44. The Bertz CT molecular complexity index is 977. The molecule has 2 saturated heterocycles. The molecule has 1 N–H and O–H groups in total. The number of rotatable bonds is 5. The molecule has 1 aromatic heterocycles. The highest BCUT2D eigenvalue weighted by molar-refractivity contribution is 5.96. The van der Waals surface area contributed by atoms with Gasteiger partial charge in [0.05, 0.1) is 18.7 Å². The fourth-order valence-electron chi connectivity index (χ4n) is 4.88. The summed E-state index contributed by atoms with van der Waals surface area (Å²) in [6.07, 6.45) is 1.61. The number of aromatic nitrogens is 1. The Morgan fingerprint density at radius 3 is 2.53 bits per heavy atom. The number of ether oxygens (including phenoxy) is 1. The standard InChI is InChI=1S/C25H34N4O3/c1-17-12-18(2)16-29(15-17)25(31)7-6-24(30)26-20-4-5-22-21(14-20)19(3)13-23(27-22)28-8-10-32-11-9-28/h4-5,13-14,17-18H,6-12,15-16H2,1-3H3,(H,26,30). The highest BCUT2D eigenvalue weighted by Gasteiger charge is 2.25. The summed E-state index contributed by atoms with van der Waals surface area (Å²) in [5, 5.41) is 3.97. The molecule has 0 bridgehead atoms. The van der Waals surface area contributed by atoms with Crippen molar-refractivity contribution in [3.05, 3.63) is 29.8 Å². The first-order valence-corrected chi connectivity index (χ1v) is 11.7. The molecule has 7 heteroatoms. The maximum atomic E-state index is 12.6. The van der Waals surface area contributed by atoms with Gasteiger partial charge >= 0.3 is 0 Å². The maximum absolute atomic E-state index is 12.6. The second-order valence-corrected chi connectivity index (χ2v) is 9.42. The number of aryl methyl sites for hydroxylation is 1. The van der Waals surface area contributed by atoms with Crippen molar-refractivity contribution in [3.63, 3.8) is 0 Å². The van der Waals surface area contributed by atoms with Crippen LogP contribution in [0.3, 0.4) is 0 Å². The van der Waals surface area contributed by atoms with Gasteiger partial charge in [-0.05, 0) is 55.0 Å². The van der Waals surface area contributed by atoms with Crippen LogP contribution in [0.1, 0.15) is 38.7 Å². The number of benzene rings is 1. The summed E-state index contributed by atoms with van der Waals surface area (Å²) >= 11 is 0. The van der Waals surface area contributed by atoms with E-state index in [0.29, 0.717) is 11.8 Å². The van der Waals surface area contributed by atoms with Crippen molar-refractivity contribution in [2.75, 3.05) is 49.6 Å². The minimum absolute atomic E-state index is 0.0766. The molecule has 2 atom stereocenters. The van der Waals surface area contributed by atoms with E-state index in [1.807, 2.05) is 23.1 Å². The summed E-state index contributed by atoms with van der Waals surface area (Å²) in [5.41, 5.74) is 2.77. The van der Waals surface area contributed by atoms with Crippen LogP contribution < -0.4 is 10.2 Å². The number of fused-ring (bicyclic) bond motifs is 1. The van der Waals surface area contributed by atoms with Crippen LogP contribution in [0, 0.1) is 18.8 Å². The number of carbonyl (C=O) groups is 2. The van der Waals surface area contributed by atoms with Crippen molar-refractivity contribution < 1.29 is 14.3 Å². The first-order chi connectivity index (χ1) is 15.4. The zero-order valence-electron chi connectivity index (χ0n) is 19.4. The van der Waals surface area contributed by atoms with Gasteiger partial charge in [0.25, 0.3) is 0 Å². The third kappa shape index (κ3) is 5.38. The average Bonchev–Trinajstić information content (AvgIpc) is 2.77. The van der Waals surface area contributed by atoms with Crippen LogP contribution in [0.15, 0.2) is 24.3 Å². The Morgan fingerprint density at radius 1 is 1.09 bits per heavy atom. The molecule has 4 rings (SSSR count). The first kappa shape index (κ1) is 22.5. The summed E-state index contributed by atoms with van der Waals surface area (Å²) in [5.74, 6) is 1.96. The van der Waals surface area contributed by atoms with Crippen molar-refractivity contribution >= 4 is 34.2 Å². The second kappa shape index (κ2) is 9.86. The molecule has 2 amide bonds. The van der Waals surface area contributed by atoms with Crippen molar-refractivity contribution in [3.8, 4) is 0 Å². The van der Waals surface area contributed by atoms with E-state index in [2.05, 4.69) is 37.1 Å². The minimum atomic E-state index is -0.133. The van der Waals surface area contributed by atoms with Gasteiger partial charge in [-0.3, -0.25) is 9.59 Å². The Kier molecular flexibility index (Phi) is 6.94. The van der Waals surface area contributed by atoms with Crippen molar-refractivity contribution in [1.29, 1.82) is 0 Å². The van der Waals surface area contributed by atoms with Crippen LogP contribution >= 0.6 is 0 Å². The van der Waals surface area contributed by atoms with Crippen molar-refractivity contribution in [2.24, 2.45) is 11.8 Å². The van der Waals surface area contributed by atoms with E-state index in [1.165, 1.54) is 0 Å². The third-order valence-corrected chi connectivity index (χ3v) is 6.41. The topological polar surface area (TPSA) is 74.8 Å². The molecule has 2 aliphatic heterocycles. The summed E-state index contributed by atoms with van der Waals surface area (Å²) in [7, 11) is 0. The monoisotopic (exact) mass is 438 g/mol. The minimum Gasteiger partial charge on any atom is -0.378 e. The zero-order chi connectivity index (χ0) is 22.7. The summed E-state index contributed by atoms with van der Waals surface area (Å²) in [4.78, 5) is 34.0. The van der Waals surface area contributed by atoms with E-state index in [4.69, 9.17) is 9.72 Å².